The highest BCUT2D eigenvalue weighted by Crippen LogP contribution is 2.40. The zero-order valence-corrected chi connectivity index (χ0v) is 20.2. The Balaban J connectivity index is 2.00. The van der Waals surface area contributed by atoms with E-state index in [1.807, 2.05) is 45.0 Å². The van der Waals surface area contributed by atoms with Crippen LogP contribution in [0.2, 0.25) is 0 Å². The summed E-state index contributed by atoms with van der Waals surface area (Å²) in [5, 5.41) is 0. The second-order valence-corrected chi connectivity index (χ2v) is 9.60. The molecule has 0 radical (unpaired) electrons. The Bertz CT molecular complexity index is 903. The summed E-state index contributed by atoms with van der Waals surface area (Å²) in [4.78, 5) is 14.6. The molecule has 0 aliphatic heterocycles. The number of carbonyl (C=O) groups is 1. The van der Waals surface area contributed by atoms with Crippen LogP contribution in [0.1, 0.15) is 50.3 Å². The van der Waals surface area contributed by atoms with Gasteiger partial charge in [0.15, 0.2) is 0 Å². The number of carbonyl (C=O) groups excluding carboxylic acids is 1. The summed E-state index contributed by atoms with van der Waals surface area (Å²) in [6.45, 7) is 10.3. The lowest BCUT2D eigenvalue weighted by Gasteiger charge is -2.30. The lowest BCUT2D eigenvalue weighted by molar-refractivity contribution is 0.0584. The smallest absolute Gasteiger partial charge is 0.415 e. The molecule has 4 nitrogen and oxygen atoms in total. The lowest BCUT2D eigenvalue weighted by Crippen LogP contribution is -2.37. The molecule has 0 saturated heterocycles. The lowest BCUT2D eigenvalue weighted by atomic mass is 9.90. The predicted molar refractivity (Wildman–Crippen MR) is 130 cm³/mol. The van der Waals surface area contributed by atoms with Crippen LogP contribution in [0.25, 0.3) is 0 Å². The van der Waals surface area contributed by atoms with Crippen molar-refractivity contribution in [3.05, 3.63) is 69.3 Å². The number of hydrogen-bond donors (Lipinski definition) is 0. The van der Waals surface area contributed by atoms with Crippen molar-refractivity contribution in [2.45, 2.75) is 58.7 Å². The van der Waals surface area contributed by atoms with Crippen molar-refractivity contribution in [1.82, 2.24) is 0 Å². The molecule has 3 rings (SSSR count). The average molecular weight is 519 g/mol. The van der Waals surface area contributed by atoms with Crippen LogP contribution in [0, 0.1) is 3.57 Å². The van der Waals surface area contributed by atoms with Gasteiger partial charge in [-0.25, -0.2) is 4.79 Å². The monoisotopic (exact) mass is 519 g/mol. The molecule has 0 N–H and O–H groups in total. The van der Waals surface area contributed by atoms with Crippen LogP contribution in [0.5, 0.6) is 5.75 Å². The summed E-state index contributed by atoms with van der Waals surface area (Å²) >= 11 is 2.37. The molecule has 5 heteroatoms. The van der Waals surface area contributed by atoms with E-state index in [2.05, 4.69) is 41.3 Å². The van der Waals surface area contributed by atoms with Crippen LogP contribution in [-0.2, 0) is 24.2 Å². The molecule has 0 atom stereocenters. The minimum Gasteiger partial charge on any atom is -0.489 e. The second-order valence-electron chi connectivity index (χ2n) is 8.53. The van der Waals surface area contributed by atoms with Crippen molar-refractivity contribution >= 4 is 34.4 Å². The fourth-order valence-corrected chi connectivity index (χ4v) is 4.67. The molecule has 2 aromatic rings. The van der Waals surface area contributed by atoms with Crippen molar-refractivity contribution in [3.63, 3.8) is 0 Å². The highest BCUT2D eigenvalue weighted by atomic mass is 127. The number of amides is 1. The SMILES string of the molecule is C=CCN(C(=O)OC(C)(C)C)c1cc(OCc2ccccc2)c2c(c1I)CCCC2. The van der Waals surface area contributed by atoms with E-state index in [1.165, 1.54) is 11.1 Å². The second kappa shape index (κ2) is 9.86. The summed E-state index contributed by atoms with van der Waals surface area (Å²) in [6.07, 6.45) is 5.67. The van der Waals surface area contributed by atoms with Gasteiger partial charge in [-0.1, -0.05) is 36.4 Å². The zero-order chi connectivity index (χ0) is 21.7. The molecule has 2 aromatic carbocycles. The number of hydrogen-bond acceptors (Lipinski definition) is 3. The maximum absolute atomic E-state index is 13.0. The van der Waals surface area contributed by atoms with E-state index in [0.717, 1.165) is 46.3 Å². The Morgan fingerprint density at radius 3 is 2.47 bits per heavy atom. The average Bonchev–Trinajstić information content (AvgIpc) is 2.71. The molecule has 0 unspecified atom stereocenters. The Kier molecular flexibility index (Phi) is 7.45. The van der Waals surface area contributed by atoms with Crippen LogP contribution in [0.4, 0.5) is 10.5 Å². The van der Waals surface area contributed by atoms with Crippen molar-refractivity contribution < 1.29 is 14.3 Å². The number of nitrogens with zero attached hydrogens (tertiary/aromatic N) is 1. The van der Waals surface area contributed by atoms with E-state index in [1.54, 1.807) is 11.0 Å². The van der Waals surface area contributed by atoms with Gasteiger partial charge in [-0.15, -0.1) is 6.58 Å². The van der Waals surface area contributed by atoms with E-state index < -0.39 is 5.60 Å². The number of anilines is 1. The molecule has 1 amide bonds. The first-order valence-electron chi connectivity index (χ1n) is 10.4. The summed E-state index contributed by atoms with van der Waals surface area (Å²) < 4.78 is 13.1. The third-order valence-electron chi connectivity index (χ3n) is 4.98. The standard InChI is InChI=1S/C25H30INO3/c1-5-15-27(24(28)30-25(2,3)4)21-16-22(29-17-18-11-7-6-8-12-18)19-13-9-10-14-20(19)23(21)26/h5-8,11-12,16H,1,9-10,13-15,17H2,2-4H3. The van der Waals surface area contributed by atoms with Gasteiger partial charge in [0.2, 0.25) is 0 Å². The number of fused-ring (bicyclic) bond motifs is 1. The van der Waals surface area contributed by atoms with Crippen molar-refractivity contribution in [2.24, 2.45) is 0 Å². The summed E-state index contributed by atoms with van der Waals surface area (Å²) in [7, 11) is 0. The van der Waals surface area contributed by atoms with Crippen molar-refractivity contribution in [1.29, 1.82) is 0 Å². The quantitative estimate of drug-likeness (QED) is 0.316. The number of rotatable bonds is 6. The molecule has 0 fully saturated rings. The summed E-state index contributed by atoms with van der Waals surface area (Å²) in [5.41, 5.74) is 3.95. The Labute approximate surface area is 193 Å². The molecule has 30 heavy (non-hydrogen) atoms. The van der Waals surface area contributed by atoms with Gasteiger partial charge in [0.05, 0.1) is 5.69 Å². The first-order valence-corrected chi connectivity index (χ1v) is 11.5. The molecular formula is C25H30INO3. The first kappa shape index (κ1) is 22.7. The zero-order valence-electron chi connectivity index (χ0n) is 18.0. The van der Waals surface area contributed by atoms with E-state index in [4.69, 9.17) is 9.47 Å². The highest BCUT2D eigenvalue weighted by molar-refractivity contribution is 14.1. The van der Waals surface area contributed by atoms with Gasteiger partial charge in [0.1, 0.15) is 18.0 Å². The van der Waals surface area contributed by atoms with Gasteiger partial charge in [0, 0.05) is 16.2 Å². The van der Waals surface area contributed by atoms with E-state index in [0.29, 0.717) is 13.2 Å². The fraction of sp³-hybridized carbons (Fsp3) is 0.400. The Morgan fingerprint density at radius 2 is 1.83 bits per heavy atom. The number of benzene rings is 2. The topological polar surface area (TPSA) is 38.8 Å². The molecule has 1 aliphatic rings. The highest BCUT2D eigenvalue weighted by Gasteiger charge is 2.28. The third-order valence-corrected chi connectivity index (χ3v) is 6.18. The largest absolute Gasteiger partial charge is 0.489 e. The van der Waals surface area contributed by atoms with Crippen molar-refractivity contribution in [3.8, 4) is 5.75 Å². The maximum atomic E-state index is 13.0. The van der Waals surface area contributed by atoms with E-state index in [-0.39, 0.29) is 6.09 Å². The fourth-order valence-electron chi connectivity index (χ4n) is 3.63. The first-order chi connectivity index (χ1) is 14.3. The maximum Gasteiger partial charge on any atom is 0.415 e. The van der Waals surface area contributed by atoms with Crippen LogP contribution < -0.4 is 9.64 Å². The van der Waals surface area contributed by atoms with Gasteiger partial charge in [0.25, 0.3) is 0 Å². The van der Waals surface area contributed by atoms with Crippen LogP contribution in [0.3, 0.4) is 0 Å². The van der Waals surface area contributed by atoms with Crippen molar-refractivity contribution in [2.75, 3.05) is 11.4 Å². The van der Waals surface area contributed by atoms with Crippen LogP contribution in [-0.4, -0.2) is 18.2 Å². The predicted octanol–water partition coefficient (Wildman–Crippen LogP) is 6.68. The van der Waals surface area contributed by atoms with Gasteiger partial charge in [-0.2, -0.15) is 0 Å². The minimum absolute atomic E-state index is 0.370. The molecule has 0 heterocycles. The van der Waals surface area contributed by atoms with Crippen LogP contribution >= 0.6 is 22.6 Å². The normalized spacial score (nSPS) is 13.3. The van der Waals surface area contributed by atoms with E-state index in [9.17, 15) is 4.79 Å². The third kappa shape index (κ3) is 5.56. The van der Waals surface area contributed by atoms with Gasteiger partial charge >= 0.3 is 6.09 Å². The summed E-state index contributed by atoms with van der Waals surface area (Å²) in [6, 6.07) is 12.2. The Morgan fingerprint density at radius 1 is 1.17 bits per heavy atom. The Hall–Kier alpha value is -2.02. The summed E-state index contributed by atoms with van der Waals surface area (Å²) in [5.74, 6) is 0.863. The molecule has 0 spiro atoms. The molecule has 0 aromatic heterocycles. The number of ether oxygens (including phenoxy) is 2. The van der Waals surface area contributed by atoms with E-state index >= 15 is 0 Å². The molecule has 1 aliphatic carbocycles. The van der Waals surface area contributed by atoms with Gasteiger partial charge in [-0.3, -0.25) is 4.90 Å². The van der Waals surface area contributed by atoms with Crippen LogP contribution in [0.15, 0.2) is 49.1 Å². The molecule has 0 bridgehead atoms. The van der Waals surface area contributed by atoms with Gasteiger partial charge < -0.3 is 9.47 Å². The van der Waals surface area contributed by atoms with Gasteiger partial charge in [-0.05, 0) is 85.7 Å². The molecular weight excluding hydrogens is 489 g/mol. The minimum atomic E-state index is -0.567. The molecule has 0 saturated carbocycles. The number of halogens is 1. The molecule has 160 valence electrons.